The van der Waals surface area contributed by atoms with Gasteiger partial charge < -0.3 is 0 Å². The lowest BCUT2D eigenvalue weighted by Crippen LogP contribution is -2.23. The van der Waals surface area contributed by atoms with E-state index in [4.69, 9.17) is 0 Å². The third-order valence-electron chi connectivity index (χ3n) is 4.55. The smallest absolute Gasteiger partial charge is 0.267 e. The number of hydrogen-bond acceptors (Lipinski definition) is 3. The van der Waals surface area contributed by atoms with Crippen molar-refractivity contribution in [2.75, 3.05) is 5.43 Å². The van der Waals surface area contributed by atoms with Crippen LogP contribution in [0.1, 0.15) is 41.4 Å². The van der Waals surface area contributed by atoms with E-state index < -0.39 is 0 Å². The van der Waals surface area contributed by atoms with E-state index in [2.05, 4.69) is 29.4 Å². The molecule has 0 saturated carbocycles. The Morgan fingerprint density at radius 1 is 1.07 bits per heavy atom. The third kappa shape index (κ3) is 3.10. The summed E-state index contributed by atoms with van der Waals surface area (Å²) in [6.07, 6.45) is 3.24. The molecule has 0 aliphatic heterocycles. The Morgan fingerprint density at radius 2 is 1.81 bits per heavy atom. The molecule has 4 aromatic rings. The van der Waals surface area contributed by atoms with Gasteiger partial charge in [-0.2, -0.15) is 5.10 Å². The molecule has 4 rings (SSSR count). The maximum atomic E-state index is 13.0. The predicted octanol–water partition coefficient (Wildman–Crippen LogP) is 4.04. The number of benzene rings is 2. The van der Waals surface area contributed by atoms with Gasteiger partial charge in [-0.3, -0.25) is 10.2 Å². The number of nitrogens with zero attached hydrogens (tertiary/aromatic N) is 4. The van der Waals surface area contributed by atoms with Gasteiger partial charge in [0.25, 0.3) is 5.91 Å². The van der Waals surface area contributed by atoms with E-state index in [-0.39, 0.29) is 11.8 Å². The highest BCUT2D eigenvalue weighted by molar-refractivity contribution is 6.01. The molecule has 0 bridgehead atoms. The molecule has 0 spiro atoms. The van der Waals surface area contributed by atoms with Gasteiger partial charge in [0.05, 0.1) is 34.2 Å². The third-order valence-corrected chi connectivity index (χ3v) is 4.55. The topological polar surface area (TPSA) is 64.7 Å². The molecule has 2 aromatic heterocycles. The van der Waals surface area contributed by atoms with Gasteiger partial charge >= 0.3 is 0 Å². The van der Waals surface area contributed by atoms with Crippen LogP contribution in [0.15, 0.2) is 61.1 Å². The lowest BCUT2D eigenvalue weighted by Gasteiger charge is -2.13. The predicted molar refractivity (Wildman–Crippen MR) is 106 cm³/mol. The van der Waals surface area contributed by atoms with E-state index in [1.165, 1.54) is 5.56 Å². The Balaban J connectivity index is 1.71. The second-order valence-corrected chi connectivity index (χ2v) is 6.89. The number of nitrogens with one attached hydrogen (secondary N) is 1. The Bertz CT molecular complexity index is 1110. The summed E-state index contributed by atoms with van der Waals surface area (Å²) >= 11 is 0. The SMILES string of the molecule is Cc1ccc(-n2ncc(C(=O)Nn3cnc4ccccc43)c2C(C)C)cc1. The number of hydrogen-bond donors (Lipinski definition) is 1. The first kappa shape index (κ1) is 17.0. The summed E-state index contributed by atoms with van der Waals surface area (Å²) in [5.74, 6) is -0.0747. The number of carbonyl (C=O) groups excluding carboxylic acids is 1. The number of amides is 1. The molecular formula is C21H21N5O. The molecule has 0 radical (unpaired) electrons. The summed E-state index contributed by atoms with van der Waals surface area (Å²) in [6, 6.07) is 15.8. The lowest BCUT2D eigenvalue weighted by molar-refractivity contribution is 0.101. The molecule has 2 aromatic carbocycles. The Labute approximate surface area is 157 Å². The summed E-state index contributed by atoms with van der Waals surface area (Å²) in [4.78, 5) is 17.3. The fourth-order valence-electron chi connectivity index (χ4n) is 3.20. The number of fused-ring (bicyclic) bond motifs is 1. The maximum absolute atomic E-state index is 13.0. The molecule has 6 nitrogen and oxygen atoms in total. The molecule has 2 heterocycles. The molecule has 0 fully saturated rings. The fourth-order valence-corrected chi connectivity index (χ4v) is 3.20. The van der Waals surface area contributed by atoms with Crippen LogP contribution in [-0.2, 0) is 0 Å². The van der Waals surface area contributed by atoms with E-state index >= 15 is 0 Å². The number of para-hydroxylation sites is 2. The normalized spacial score (nSPS) is 11.3. The highest BCUT2D eigenvalue weighted by atomic mass is 16.2. The van der Waals surface area contributed by atoms with Crippen LogP contribution in [0.2, 0.25) is 0 Å². The molecule has 6 heteroatoms. The van der Waals surface area contributed by atoms with Crippen molar-refractivity contribution in [3.8, 4) is 5.69 Å². The van der Waals surface area contributed by atoms with E-state index in [0.29, 0.717) is 5.56 Å². The standard InChI is InChI=1S/C21H21N5O/c1-14(2)20-17(12-23-26(20)16-10-8-15(3)9-11-16)21(27)24-25-13-22-18-6-4-5-7-19(18)25/h4-14H,1-3H3,(H,24,27). The van der Waals surface area contributed by atoms with Gasteiger partial charge in [-0.15, -0.1) is 0 Å². The summed E-state index contributed by atoms with van der Waals surface area (Å²) < 4.78 is 3.48. The van der Waals surface area contributed by atoms with Gasteiger partial charge in [0.1, 0.15) is 6.33 Å². The Hall–Kier alpha value is -3.41. The summed E-state index contributed by atoms with van der Waals surface area (Å²) in [6.45, 7) is 6.17. The monoisotopic (exact) mass is 359 g/mol. The minimum Gasteiger partial charge on any atom is -0.267 e. The van der Waals surface area contributed by atoms with Gasteiger partial charge in [0.2, 0.25) is 0 Å². The molecule has 0 aliphatic rings. The highest BCUT2D eigenvalue weighted by Crippen LogP contribution is 2.23. The van der Waals surface area contributed by atoms with E-state index in [1.54, 1.807) is 17.2 Å². The first-order valence-electron chi connectivity index (χ1n) is 8.93. The van der Waals surface area contributed by atoms with Crippen LogP contribution in [-0.4, -0.2) is 25.3 Å². The summed E-state index contributed by atoms with van der Waals surface area (Å²) in [5.41, 5.74) is 8.15. The van der Waals surface area contributed by atoms with Gasteiger partial charge in [0, 0.05) is 0 Å². The van der Waals surface area contributed by atoms with Gasteiger partial charge in [-0.05, 0) is 37.1 Å². The molecule has 1 N–H and O–H groups in total. The molecule has 136 valence electrons. The zero-order valence-corrected chi connectivity index (χ0v) is 15.5. The number of aryl methyl sites for hydroxylation is 1. The van der Waals surface area contributed by atoms with Crippen LogP contribution in [0.5, 0.6) is 0 Å². The van der Waals surface area contributed by atoms with Crippen molar-refractivity contribution in [2.45, 2.75) is 26.7 Å². The quantitative estimate of drug-likeness (QED) is 0.598. The van der Waals surface area contributed by atoms with E-state index in [1.807, 2.05) is 60.1 Å². The number of imidazole rings is 1. The summed E-state index contributed by atoms with van der Waals surface area (Å²) in [7, 11) is 0. The molecule has 0 unspecified atom stereocenters. The average Bonchev–Trinajstić information content (AvgIpc) is 3.27. The van der Waals surface area contributed by atoms with Crippen LogP contribution in [0.4, 0.5) is 0 Å². The van der Waals surface area contributed by atoms with Crippen molar-refractivity contribution in [3.63, 3.8) is 0 Å². The Morgan fingerprint density at radius 3 is 2.56 bits per heavy atom. The fraction of sp³-hybridized carbons (Fsp3) is 0.190. The molecule has 0 saturated heterocycles. The highest BCUT2D eigenvalue weighted by Gasteiger charge is 2.21. The van der Waals surface area contributed by atoms with Gasteiger partial charge in [-0.1, -0.05) is 43.7 Å². The number of carbonyl (C=O) groups is 1. The number of aromatic nitrogens is 4. The van der Waals surface area contributed by atoms with Crippen molar-refractivity contribution >= 4 is 16.9 Å². The second kappa shape index (κ2) is 6.72. The van der Waals surface area contributed by atoms with Crippen molar-refractivity contribution in [3.05, 3.63) is 77.9 Å². The minimum absolute atomic E-state index is 0.133. The second-order valence-electron chi connectivity index (χ2n) is 6.89. The maximum Gasteiger partial charge on any atom is 0.273 e. The minimum atomic E-state index is -0.208. The molecule has 27 heavy (non-hydrogen) atoms. The van der Waals surface area contributed by atoms with Crippen LogP contribution in [0.3, 0.4) is 0 Å². The van der Waals surface area contributed by atoms with Crippen LogP contribution in [0.25, 0.3) is 16.7 Å². The van der Waals surface area contributed by atoms with Crippen LogP contribution < -0.4 is 5.43 Å². The number of rotatable bonds is 4. The molecular weight excluding hydrogens is 338 g/mol. The van der Waals surface area contributed by atoms with E-state index in [9.17, 15) is 4.79 Å². The molecule has 0 atom stereocenters. The van der Waals surface area contributed by atoms with Crippen molar-refractivity contribution in [2.24, 2.45) is 0 Å². The lowest BCUT2D eigenvalue weighted by atomic mass is 10.1. The van der Waals surface area contributed by atoms with Crippen molar-refractivity contribution < 1.29 is 4.79 Å². The van der Waals surface area contributed by atoms with Gasteiger partial charge in [0.15, 0.2) is 0 Å². The first-order valence-corrected chi connectivity index (χ1v) is 8.93. The van der Waals surface area contributed by atoms with E-state index in [0.717, 1.165) is 22.4 Å². The zero-order chi connectivity index (χ0) is 19.0. The zero-order valence-electron chi connectivity index (χ0n) is 15.5. The Kier molecular flexibility index (Phi) is 4.24. The average molecular weight is 359 g/mol. The molecule has 0 aliphatic carbocycles. The van der Waals surface area contributed by atoms with Crippen molar-refractivity contribution in [1.82, 2.24) is 19.4 Å². The summed E-state index contributed by atoms with van der Waals surface area (Å²) in [5, 5.41) is 4.48. The first-order chi connectivity index (χ1) is 13.0. The van der Waals surface area contributed by atoms with Crippen molar-refractivity contribution in [1.29, 1.82) is 0 Å². The largest absolute Gasteiger partial charge is 0.273 e. The van der Waals surface area contributed by atoms with Gasteiger partial charge in [-0.25, -0.2) is 14.3 Å². The van der Waals surface area contributed by atoms with Crippen LogP contribution in [0, 0.1) is 6.92 Å². The molecule has 1 amide bonds. The van der Waals surface area contributed by atoms with Crippen LogP contribution >= 0.6 is 0 Å².